The van der Waals surface area contributed by atoms with Crippen molar-refractivity contribution >= 4 is 12.0 Å². The second-order valence-electron chi connectivity index (χ2n) is 3.89. The quantitative estimate of drug-likeness (QED) is 0.653. The molecule has 1 heterocycles. The molecule has 0 radical (unpaired) electrons. The van der Waals surface area contributed by atoms with E-state index < -0.39 is 18.1 Å². The molecule has 1 aliphatic heterocycles. The summed E-state index contributed by atoms with van der Waals surface area (Å²) in [5.41, 5.74) is 0. The maximum atomic E-state index is 11.7. The number of ether oxygens (including phenoxy) is 1. The van der Waals surface area contributed by atoms with Crippen molar-refractivity contribution in [3.05, 3.63) is 0 Å². The number of carbonyl (C=O) groups is 2. The van der Waals surface area contributed by atoms with Crippen LogP contribution in [0.5, 0.6) is 0 Å². The lowest BCUT2D eigenvalue weighted by Gasteiger charge is -2.23. The molecule has 6 heteroatoms. The van der Waals surface area contributed by atoms with Crippen LogP contribution >= 0.6 is 0 Å². The van der Waals surface area contributed by atoms with Crippen molar-refractivity contribution in [3.63, 3.8) is 0 Å². The topological polar surface area (TPSA) is 78.9 Å². The van der Waals surface area contributed by atoms with Crippen LogP contribution in [-0.4, -0.2) is 54.4 Å². The molecule has 1 saturated heterocycles. The molecule has 2 N–H and O–H groups in total. The first-order valence-corrected chi connectivity index (χ1v) is 5.37. The highest BCUT2D eigenvalue weighted by Crippen LogP contribution is 2.08. The van der Waals surface area contributed by atoms with Gasteiger partial charge in [0, 0.05) is 13.1 Å². The van der Waals surface area contributed by atoms with E-state index in [0.29, 0.717) is 13.1 Å². The Bertz CT molecular complexity index is 262. The van der Waals surface area contributed by atoms with E-state index in [-0.39, 0.29) is 6.03 Å². The van der Waals surface area contributed by atoms with Crippen molar-refractivity contribution < 1.29 is 19.4 Å². The minimum Gasteiger partial charge on any atom is -0.467 e. The summed E-state index contributed by atoms with van der Waals surface area (Å²) in [4.78, 5) is 24.6. The lowest BCUT2D eigenvalue weighted by Crippen LogP contribution is -2.52. The first-order valence-electron chi connectivity index (χ1n) is 5.37. The highest BCUT2D eigenvalue weighted by molar-refractivity contribution is 5.84. The second-order valence-corrected chi connectivity index (χ2v) is 3.89. The molecule has 1 fully saturated rings. The fraction of sp³-hybridized carbons (Fsp3) is 0.800. The number of esters is 1. The molecule has 0 aromatic carbocycles. The van der Waals surface area contributed by atoms with Gasteiger partial charge in [0.05, 0.1) is 13.2 Å². The Balaban J connectivity index is 2.53. The van der Waals surface area contributed by atoms with Gasteiger partial charge in [-0.15, -0.1) is 0 Å². The summed E-state index contributed by atoms with van der Waals surface area (Å²) in [6.07, 6.45) is 0.981. The summed E-state index contributed by atoms with van der Waals surface area (Å²) >= 11 is 0. The van der Waals surface area contributed by atoms with Crippen molar-refractivity contribution in [2.24, 2.45) is 0 Å². The number of aliphatic hydroxyl groups excluding tert-OH is 1. The standard InChI is InChI=1S/C10H18N2O4/c1-7(13)8(9(14)16-2)11-10(15)12-5-3-4-6-12/h7-8,13H,3-6H2,1-2H3,(H,11,15)/t7-,8-/m0/s1. The average molecular weight is 230 g/mol. The van der Waals surface area contributed by atoms with Crippen LogP contribution in [0.3, 0.4) is 0 Å². The van der Waals surface area contributed by atoms with E-state index in [1.54, 1.807) is 4.90 Å². The van der Waals surface area contributed by atoms with Crippen LogP contribution in [0, 0.1) is 0 Å². The number of hydrogen-bond donors (Lipinski definition) is 2. The third-order valence-electron chi connectivity index (χ3n) is 2.61. The lowest BCUT2D eigenvalue weighted by atomic mass is 10.2. The number of amides is 2. The van der Waals surface area contributed by atoms with Gasteiger partial charge in [0.15, 0.2) is 6.04 Å². The number of rotatable bonds is 3. The Labute approximate surface area is 94.6 Å². The maximum Gasteiger partial charge on any atom is 0.331 e. The second kappa shape index (κ2) is 5.69. The zero-order valence-corrected chi connectivity index (χ0v) is 9.60. The van der Waals surface area contributed by atoms with Crippen LogP contribution in [0.1, 0.15) is 19.8 Å². The summed E-state index contributed by atoms with van der Waals surface area (Å²) in [5, 5.41) is 11.8. The van der Waals surface area contributed by atoms with Crippen molar-refractivity contribution in [1.29, 1.82) is 0 Å². The molecular weight excluding hydrogens is 212 g/mol. The van der Waals surface area contributed by atoms with Crippen LogP contribution in [0.4, 0.5) is 4.79 Å². The Hall–Kier alpha value is -1.30. The van der Waals surface area contributed by atoms with Crippen LogP contribution < -0.4 is 5.32 Å². The molecule has 0 unspecified atom stereocenters. The molecule has 0 aromatic heterocycles. The number of urea groups is 1. The average Bonchev–Trinajstić information content (AvgIpc) is 2.77. The summed E-state index contributed by atoms with van der Waals surface area (Å²) < 4.78 is 4.51. The molecule has 0 aliphatic carbocycles. The highest BCUT2D eigenvalue weighted by atomic mass is 16.5. The zero-order valence-electron chi connectivity index (χ0n) is 9.60. The molecular formula is C10H18N2O4. The molecule has 2 atom stereocenters. The van der Waals surface area contributed by atoms with Gasteiger partial charge in [-0.2, -0.15) is 0 Å². The smallest absolute Gasteiger partial charge is 0.331 e. The molecule has 1 aliphatic rings. The Morgan fingerprint density at radius 3 is 2.38 bits per heavy atom. The normalized spacial score (nSPS) is 19.1. The number of likely N-dealkylation sites (tertiary alicyclic amines) is 1. The van der Waals surface area contributed by atoms with E-state index in [1.165, 1.54) is 14.0 Å². The van der Waals surface area contributed by atoms with Gasteiger partial charge in [-0.1, -0.05) is 0 Å². The number of nitrogens with one attached hydrogen (secondary N) is 1. The first-order chi connectivity index (χ1) is 7.56. The first kappa shape index (κ1) is 12.8. The van der Waals surface area contributed by atoms with Gasteiger partial charge in [0.25, 0.3) is 0 Å². The summed E-state index contributed by atoms with van der Waals surface area (Å²) in [5.74, 6) is -0.637. The number of nitrogens with zero attached hydrogens (tertiary/aromatic N) is 1. The van der Waals surface area contributed by atoms with Gasteiger partial charge in [-0.3, -0.25) is 0 Å². The zero-order chi connectivity index (χ0) is 12.1. The van der Waals surface area contributed by atoms with Crippen LogP contribution in [0.2, 0.25) is 0 Å². The monoisotopic (exact) mass is 230 g/mol. The summed E-state index contributed by atoms with van der Waals surface area (Å²) in [6, 6.07) is -1.33. The highest BCUT2D eigenvalue weighted by Gasteiger charge is 2.29. The van der Waals surface area contributed by atoms with Gasteiger partial charge in [0.1, 0.15) is 0 Å². The van der Waals surface area contributed by atoms with Gasteiger partial charge in [-0.25, -0.2) is 9.59 Å². The van der Waals surface area contributed by atoms with E-state index in [4.69, 9.17) is 0 Å². The van der Waals surface area contributed by atoms with Crippen molar-refractivity contribution in [2.75, 3.05) is 20.2 Å². The van der Waals surface area contributed by atoms with Crippen molar-refractivity contribution in [2.45, 2.75) is 31.9 Å². The lowest BCUT2D eigenvalue weighted by molar-refractivity contribution is -0.145. The van der Waals surface area contributed by atoms with Crippen LogP contribution in [0.15, 0.2) is 0 Å². The minimum atomic E-state index is -1.00. The van der Waals surface area contributed by atoms with Gasteiger partial charge < -0.3 is 20.1 Å². The number of carbonyl (C=O) groups excluding carboxylic acids is 2. The van der Waals surface area contributed by atoms with E-state index >= 15 is 0 Å². The third kappa shape index (κ3) is 3.10. The molecule has 92 valence electrons. The molecule has 2 amide bonds. The molecule has 0 saturated carbocycles. The molecule has 0 aromatic rings. The number of aliphatic hydroxyl groups is 1. The number of hydrogen-bond acceptors (Lipinski definition) is 4. The van der Waals surface area contributed by atoms with Gasteiger partial charge in [-0.05, 0) is 19.8 Å². The van der Waals surface area contributed by atoms with Crippen LogP contribution in [-0.2, 0) is 9.53 Å². The Morgan fingerprint density at radius 2 is 1.94 bits per heavy atom. The fourth-order valence-corrected chi connectivity index (χ4v) is 1.65. The molecule has 6 nitrogen and oxygen atoms in total. The minimum absolute atomic E-state index is 0.325. The van der Waals surface area contributed by atoms with E-state index in [9.17, 15) is 14.7 Å². The third-order valence-corrected chi connectivity index (χ3v) is 2.61. The summed E-state index contributed by atoms with van der Waals surface area (Å²) in [6.45, 7) is 2.82. The molecule has 16 heavy (non-hydrogen) atoms. The van der Waals surface area contributed by atoms with Crippen LogP contribution in [0.25, 0.3) is 0 Å². The van der Waals surface area contributed by atoms with E-state index in [2.05, 4.69) is 10.1 Å². The molecule has 0 bridgehead atoms. The van der Waals surface area contributed by atoms with Gasteiger partial charge in [0.2, 0.25) is 0 Å². The maximum absolute atomic E-state index is 11.7. The Kier molecular flexibility index (Phi) is 4.54. The molecule has 0 spiro atoms. The summed E-state index contributed by atoms with van der Waals surface area (Å²) in [7, 11) is 1.22. The SMILES string of the molecule is COC(=O)[C@@H](NC(=O)N1CCCC1)[C@H](C)O. The number of methoxy groups -OCH3 is 1. The predicted octanol–water partition coefficient (Wildman–Crippen LogP) is -0.286. The van der Waals surface area contributed by atoms with E-state index in [0.717, 1.165) is 12.8 Å². The fourth-order valence-electron chi connectivity index (χ4n) is 1.65. The van der Waals surface area contributed by atoms with Gasteiger partial charge >= 0.3 is 12.0 Å². The largest absolute Gasteiger partial charge is 0.467 e. The van der Waals surface area contributed by atoms with Crippen molar-refractivity contribution in [1.82, 2.24) is 10.2 Å². The Morgan fingerprint density at radius 1 is 1.38 bits per heavy atom. The molecule has 1 rings (SSSR count). The predicted molar refractivity (Wildman–Crippen MR) is 56.8 cm³/mol. The van der Waals surface area contributed by atoms with Crippen molar-refractivity contribution in [3.8, 4) is 0 Å². The van der Waals surface area contributed by atoms with E-state index in [1.807, 2.05) is 0 Å².